The van der Waals surface area contributed by atoms with Crippen LogP contribution in [0.3, 0.4) is 0 Å². The van der Waals surface area contributed by atoms with Gasteiger partial charge in [0, 0.05) is 12.6 Å². The Morgan fingerprint density at radius 2 is 2.10 bits per heavy atom. The van der Waals surface area contributed by atoms with Crippen LogP contribution in [-0.2, 0) is 4.79 Å². The topological polar surface area (TPSA) is 58.6 Å². The zero-order valence-electron chi connectivity index (χ0n) is 12.6. The monoisotopic (exact) mass is 279 g/mol. The van der Waals surface area contributed by atoms with E-state index >= 15 is 0 Å². The van der Waals surface area contributed by atoms with E-state index in [9.17, 15) is 4.79 Å². The highest BCUT2D eigenvalue weighted by Gasteiger charge is 2.07. The van der Waals surface area contributed by atoms with Gasteiger partial charge in [0.15, 0.2) is 0 Å². The van der Waals surface area contributed by atoms with Crippen molar-refractivity contribution in [3.8, 4) is 5.75 Å². The lowest BCUT2D eigenvalue weighted by atomic mass is 10.1. The van der Waals surface area contributed by atoms with Gasteiger partial charge in [0.2, 0.25) is 5.91 Å². The standard InChI is InChI=1S/C16H25NO3/c1-12-6-7-15(11-13(12)2)20-10-8-16(19)17-14(3)5-4-9-18/h6-7,11,14,18H,4-5,8-10H2,1-3H3,(H,17,19). The van der Waals surface area contributed by atoms with Gasteiger partial charge in [-0.2, -0.15) is 0 Å². The Morgan fingerprint density at radius 1 is 1.35 bits per heavy atom. The Balaban J connectivity index is 2.26. The summed E-state index contributed by atoms with van der Waals surface area (Å²) < 4.78 is 5.57. The molecule has 0 aliphatic carbocycles. The van der Waals surface area contributed by atoms with Crippen molar-refractivity contribution >= 4 is 5.91 Å². The fourth-order valence-corrected chi connectivity index (χ4v) is 1.88. The maximum Gasteiger partial charge on any atom is 0.223 e. The number of hydrogen-bond acceptors (Lipinski definition) is 3. The summed E-state index contributed by atoms with van der Waals surface area (Å²) in [7, 11) is 0. The first kappa shape index (κ1) is 16.5. The van der Waals surface area contributed by atoms with Gasteiger partial charge in [-0.25, -0.2) is 0 Å². The zero-order chi connectivity index (χ0) is 15.0. The van der Waals surface area contributed by atoms with E-state index in [0.717, 1.165) is 12.2 Å². The third-order valence-electron chi connectivity index (χ3n) is 3.28. The van der Waals surface area contributed by atoms with Crippen molar-refractivity contribution < 1.29 is 14.6 Å². The Hall–Kier alpha value is -1.55. The zero-order valence-corrected chi connectivity index (χ0v) is 12.6. The van der Waals surface area contributed by atoms with Crippen molar-refractivity contribution in [2.24, 2.45) is 0 Å². The first-order valence-electron chi connectivity index (χ1n) is 7.13. The van der Waals surface area contributed by atoms with Gasteiger partial charge in [-0.15, -0.1) is 0 Å². The Kier molecular flexibility index (Phi) is 7.09. The van der Waals surface area contributed by atoms with Crippen LogP contribution in [0.5, 0.6) is 5.75 Å². The van der Waals surface area contributed by atoms with Gasteiger partial charge in [-0.3, -0.25) is 4.79 Å². The number of ether oxygens (including phenoxy) is 1. The fourth-order valence-electron chi connectivity index (χ4n) is 1.88. The summed E-state index contributed by atoms with van der Waals surface area (Å²) in [5.41, 5.74) is 2.41. The third kappa shape index (κ3) is 6.06. The van der Waals surface area contributed by atoms with E-state index in [2.05, 4.69) is 12.2 Å². The minimum absolute atomic E-state index is 0.0146. The van der Waals surface area contributed by atoms with Crippen LogP contribution in [0.25, 0.3) is 0 Å². The molecule has 1 rings (SSSR count). The fraction of sp³-hybridized carbons (Fsp3) is 0.562. The summed E-state index contributed by atoms with van der Waals surface area (Å²) in [5, 5.41) is 11.6. The van der Waals surface area contributed by atoms with E-state index in [1.807, 2.05) is 32.0 Å². The highest BCUT2D eigenvalue weighted by atomic mass is 16.5. The molecule has 0 heterocycles. The number of carbonyl (C=O) groups excluding carboxylic acids is 1. The SMILES string of the molecule is Cc1ccc(OCCC(=O)NC(C)CCCO)cc1C. The van der Waals surface area contributed by atoms with Gasteiger partial charge >= 0.3 is 0 Å². The molecule has 1 aromatic rings. The quantitative estimate of drug-likeness (QED) is 0.768. The van der Waals surface area contributed by atoms with Crippen molar-refractivity contribution in [2.45, 2.75) is 46.1 Å². The number of aliphatic hydroxyl groups is 1. The second kappa shape index (κ2) is 8.59. The predicted molar refractivity (Wildman–Crippen MR) is 80.0 cm³/mol. The number of amides is 1. The smallest absolute Gasteiger partial charge is 0.223 e. The van der Waals surface area contributed by atoms with Gasteiger partial charge in [0.25, 0.3) is 0 Å². The minimum Gasteiger partial charge on any atom is -0.493 e. The highest BCUT2D eigenvalue weighted by molar-refractivity contribution is 5.76. The molecule has 20 heavy (non-hydrogen) atoms. The number of nitrogens with one attached hydrogen (secondary N) is 1. The Bertz CT molecular complexity index is 432. The molecule has 4 heteroatoms. The first-order chi connectivity index (χ1) is 9.52. The van der Waals surface area contributed by atoms with Crippen LogP contribution in [0.4, 0.5) is 0 Å². The molecule has 1 amide bonds. The van der Waals surface area contributed by atoms with Gasteiger partial charge in [0.05, 0.1) is 13.0 Å². The molecule has 0 aliphatic heterocycles. The summed E-state index contributed by atoms with van der Waals surface area (Å²) in [6, 6.07) is 6.01. The summed E-state index contributed by atoms with van der Waals surface area (Å²) in [6.45, 7) is 6.58. The van der Waals surface area contributed by atoms with Crippen LogP contribution < -0.4 is 10.1 Å². The second-order valence-electron chi connectivity index (χ2n) is 5.18. The summed E-state index contributed by atoms with van der Waals surface area (Å²) in [5.74, 6) is 0.786. The Labute approximate surface area is 121 Å². The molecule has 112 valence electrons. The lowest BCUT2D eigenvalue weighted by Gasteiger charge is -2.13. The van der Waals surface area contributed by atoms with Crippen LogP contribution in [0.1, 0.15) is 37.3 Å². The summed E-state index contributed by atoms with van der Waals surface area (Å²) in [4.78, 5) is 11.7. The number of aryl methyl sites for hydroxylation is 2. The number of carbonyl (C=O) groups is 1. The molecule has 0 aliphatic rings. The number of rotatable bonds is 8. The number of hydrogen-bond donors (Lipinski definition) is 2. The molecular formula is C16H25NO3. The van der Waals surface area contributed by atoms with Crippen molar-refractivity contribution in [1.29, 1.82) is 0 Å². The average molecular weight is 279 g/mol. The molecule has 2 N–H and O–H groups in total. The van der Waals surface area contributed by atoms with Crippen LogP contribution >= 0.6 is 0 Å². The van der Waals surface area contributed by atoms with Gasteiger partial charge in [0.1, 0.15) is 5.75 Å². The molecule has 0 saturated carbocycles. The van der Waals surface area contributed by atoms with E-state index in [1.165, 1.54) is 11.1 Å². The highest BCUT2D eigenvalue weighted by Crippen LogP contribution is 2.16. The molecule has 0 radical (unpaired) electrons. The second-order valence-corrected chi connectivity index (χ2v) is 5.18. The van der Waals surface area contributed by atoms with Crippen LogP contribution in [-0.4, -0.2) is 30.3 Å². The van der Waals surface area contributed by atoms with Crippen LogP contribution in [0, 0.1) is 13.8 Å². The maximum atomic E-state index is 11.7. The van der Waals surface area contributed by atoms with E-state index in [1.54, 1.807) is 0 Å². The third-order valence-corrected chi connectivity index (χ3v) is 3.28. The molecule has 0 spiro atoms. The van der Waals surface area contributed by atoms with Crippen molar-refractivity contribution in [2.75, 3.05) is 13.2 Å². The first-order valence-corrected chi connectivity index (χ1v) is 7.13. The molecule has 1 aromatic carbocycles. The Morgan fingerprint density at radius 3 is 2.75 bits per heavy atom. The van der Waals surface area contributed by atoms with E-state index in [4.69, 9.17) is 9.84 Å². The lowest BCUT2D eigenvalue weighted by Crippen LogP contribution is -2.33. The van der Waals surface area contributed by atoms with Crippen molar-refractivity contribution in [3.63, 3.8) is 0 Å². The average Bonchev–Trinajstić information content (AvgIpc) is 2.40. The summed E-state index contributed by atoms with van der Waals surface area (Å²) in [6.07, 6.45) is 1.84. The predicted octanol–water partition coefficient (Wildman–Crippen LogP) is 2.35. The largest absolute Gasteiger partial charge is 0.493 e. The molecular weight excluding hydrogens is 254 g/mol. The van der Waals surface area contributed by atoms with Crippen molar-refractivity contribution in [1.82, 2.24) is 5.32 Å². The van der Waals surface area contributed by atoms with Crippen LogP contribution in [0.15, 0.2) is 18.2 Å². The van der Waals surface area contributed by atoms with Gasteiger partial charge in [-0.05, 0) is 56.9 Å². The molecule has 0 bridgehead atoms. The molecule has 4 nitrogen and oxygen atoms in total. The molecule has 1 atom stereocenters. The van der Waals surface area contributed by atoms with E-state index in [0.29, 0.717) is 19.4 Å². The minimum atomic E-state index is -0.0146. The molecule has 0 aromatic heterocycles. The summed E-state index contributed by atoms with van der Waals surface area (Å²) >= 11 is 0. The lowest BCUT2D eigenvalue weighted by molar-refractivity contribution is -0.122. The van der Waals surface area contributed by atoms with Crippen molar-refractivity contribution in [3.05, 3.63) is 29.3 Å². The van der Waals surface area contributed by atoms with Gasteiger partial charge in [-0.1, -0.05) is 6.07 Å². The van der Waals surface area contributed by atoms with Gasteiger partial charge < -0.3 is 15.2 Å². The van der Waals surface area contributed by atoms with E-state index < -0.39 is 0 Å². The molecule has 0 saturated heterocycles. The molecule has 0 fully saturated rings. The normalized spacial score (nSPS) is 12.0. The maximum absolute atomic E-state index is 11.7. The molecule has 1 unspecified atom stereocenters. The van der Waals surface area contributed by atoms with E-state index in [-0.39, 0.29) is 18.6 Å². The van der Waals surface area contributed by atoms with Crippen LogP contribution in [0.2, 0.25) is 0 Å². The number of aliphatic hydroxyl groups excluding tert-OH is 1. The number of benzene rings is 1.